The third-order valence-electron chi connectivity index (χ3n) is 8.93. The van der Waals surface area contributed by atoms with Crippen molar-refractivity contribution < 1.29 is 9.00 Å². The average Bonchev–Trinajstić information content (AvgIpc) is 3.57. The summed E-state index contributed by atoms with van der Waals surface area (Å²) in [5, 5.41) is 4.13. The minimum atomic E-state index is -0.643. The number of nitrogens with zero attached hydrogens (tertiary/aromatic N) is 1. The zero-order valence-corrected chi connectivity index (χ0v) is 20.3. The van der Waals surface area contributed by atoms with Gasteiger partial charge >= 0.3 is 0 Å². The minimum absolute atomic E-state index is 0.334. The second-order valence-electron chi connectivity index (χ2n) is 10.6. The van der Waals surface area contributed by atoms with Gasteiger partial charge in [-0.15, -0.1) is 11.3 Å². The monoisotopic (exact) mass is 479 g/mol. The number of aromatic nitrogens is 1. The largest absolute Gasteiger partial charge is 0.366 e. The minimum Gasteiger partial charge on any atom is -0.366 e. The van der Waals surface area contributed by atoms with Gasteiger partial charge in [-0.05, 0) is 103 Å². The number of carbonyl (C=O) groups excluding carboxylic acids is 1. The quantitative estimate of drug-likeness (QED) is 0.554. The second-order valence-corrected chi connectivity index (χ2v) is 13.3. The van der Waals surface area contributed by atoms with E-state index in [-0.39, 0.29) is 0 Å². The molecular weight excluding hydrogens is 450 g/mol. The van der Waals surface area contributed by atoms with Crippen LogP contribution in [0, 0.1) is 5.41 Å². The molecule has 0 radical (unpaired) electrons. The highest BCUT2D eigenvalue weighted by molar-refractivity contribution is 7.88. The van der Waals surface area contributed by atoms with Gasteiger partial charge < -0.3 is 10.7 Å². The van der Waals surface area contributed by atoms with Crippen molar-refractivity contribution in [3.8, 4) is 11.1 Å². The van der Waals surface area contributed by atoms with Crippen LogP contribution < -0.4 is 5.73 Å². The van der Waals surface area contributed by atoms with Gasteiger partial charge in [0.15, 0.2) is 0 Å². The molecule has 2 saturated carbocycles. The van der Waals surface area contributed by atoms with Crippen molar-refractivity contribution in [3.05, 3.63) is 45.8 Å². The van der Waals surface area contributed by atoms with E-state index in [0.717, 1.165) is 47.8 Å². The molecule has 2 saturated heterocycles. The molecule has 2 aromatic heterocycles. The predicted octanol–water partition coefficient (Wildman–Crippen LogP) is 4.75. The number of thiophene rings is 1. The number of H-pyrrole nitrogens is 1. The molecule has 4 fully saturated rings. The maximum absolute atomic E-state index is 12.6. The fraction of sp³-hybridized carbons (Fsp3) is 0.500. The van der Waals surface area contributed by atoms with Gasteiger partial charge in [0.25, 0.3) is 5.91 Å². The SMILES string of the molecule is NC(=O)c1cc(-c2csc(CN3CCCC3)c2)cc2c(C3CC4S(=O)C5CCC54C3)c[nH]c12. The standard InChI is InChI=1S/C26H29N3O2S2/c27-25(30)20-9-15(17-7-18(32-14-17)13-29-5-1-2-6-29)8-19-21(12-28-24(19)20)16-10-23-26(11-16)4-3-22(26)33(23)31/h7-9,12,14,16,22-23,28H,1-6,10-11,13H2,(H2,27,30). The molecule has 1 spiro atoms. The Labute approximate surface area is 200 Å². The molecule has 1 amide bonds. The second kappa shape index (κ2) is 7.27. The van der Waals surface area contributed by atoms with E-state index < -0.39 is 16.7 Å². The molecule has 7 heteroatoms. The van der Waals surface area contributed by atoms with E-state index in [0.29, 0.717) is 27.4 Å². The van der Waals surface area contributed by atoms with E-state index in [4.69, 9.17) is 5.73 Å². The Kier molecular flexibility index (Phi) is 4.50. The highest BCUT2D eigenvalue weighted by atomic mass is 32.2. The van der Waals surface area contributed by atoms with Crippen LogP contribution in [0.3, 0.4) is 0 Å². The topological polar surface area (TPSA) is 79.2 Å². The lowest BCUT2D eigenvalue weighted by atomic mass is 9.65. The summed E-state index contributed by atoms with van der Waals surface area (Å²) in [5.74, 6) is 0.00944. The van der Waals surface area contributed by atoms with Crippen LogP contribution in [-0.2, 0) is 17.3 Å². The predicted molar refractivity (Wildman–Crippen MR) is 134 cm³/mol. The molecule has 33 heavy (non-hydrogen) atoms. The summed E-state index contributed by atoms with van der Waals surface area (Å²) in [6.45, 7) is 3.38. The van der Waals surface area contributed by atoms with E-state index in [1.165, 1.54) is 42.8 Å². The van der Waals surface area contributed by atoms with Gasteiger partial charge in [0.05, 0.1) is 11.1 Å². The van der Waals surface area contributed by atoms with Crippen LogP contribution in [0.4, 0.5) is 0 Å². The zero-order chi connectivity index (χ0) is 22.3. The molecule has 1 aromatic carbocycles. The molecular formula is C26H29N3O2S2. The fourth-order valence-corrected chi connectivity index (χ4v) is 10.7. The van der Waals surface area contributed by atoms with E-state index in [1.807, 2.05) is 6.07 Å². The molecule has 4 aliphatic rings. The number of nitrogens with two attached hydrogens (primary N) is 1. The molecule has 3 aromatic rings. The van der Waals surface area contributed by atoms with E-state index in [2.05, 4.69) is 33.6 Å². The highest BCUT2D eigenvalue weighted by Gasteiger charge is 2.69. The number of rotatable bonds is 5. The van der Waals surface area contributed by atoms with Crippen molar-refractivity contribution in [1.82, 2.24) is 9.88 Å². The first-order chi connectivity index (χ1) is 16.0. The number of benzene rings is 1. The van der Waals surface area contributed by atoms with Crippen LogP contribution in [0.1, 0.15) is 65.2 Å². The average molecular weight is 480 g/mol. The van der Waals surface area contributed by atoms with Crippen LogP contribution in [0.25, 0.3) is 22.0 Å². The molecule has 7 rings (SSSR count). The molecule has 5 nitrogen and oxygen atoms in total. The lowest BCUT2D eigenvalue weighted by Crippen LogP contribution is -2.65. The molecule has 5 atom stereocenters. The molecule has 172 valence electrons. The lowest BCUT2D eigenvalue weighted by Gasteiger charge is -2.59. The van der Waals surface area contributed by atoms with Crippen LogP contribution >= 0.6 is 11.3 Å². The molecule has 5 unspecified atom stereocenters. The molecule has 2 aliphatic carbocycles. The lowest BCUT2D eigenvalue weighted by molar-refractivity contribution is 0.100. The van der Waals surface area contributed by atoms with Crippen molar-refractivity contribution >= 4 is 38.9 Å². The first-order valence-corrected chi connectivity index (χ1v) is 14.3. The summed E-state index contributed by atoms with van der Waals surface area (Å²) >= 11 is 1.80. The number of carbonyl (C=O) groups is 1. The van der Waals surface area contributed by atoms with Crippen molar-refractivity contribution in [2.24, 2.45) is 11.1 Å². The van der Waals surface area contributed by atoms with Crippen LogP contribution in [-0.4, -0.2) is 43.6 Å². The van der Waals surface area contributed by atoms with E-state index >= 15 is 0 Å². The molecule has 3 N–H and O–H groups in total. The van der Waals surface area contributed by atoms with Gasteiger partial charge in [0.1, 0.15) is 0 Å². The Bertz CT molecular complexity index is 1300. The highest BCUT2D eigenvalue weighted by Crippen LogP contribution is 2.68. The summed E-state index contributed by atoms with van der Waals surface area (Å²) in [5.41, 5.74) is 11.1. The number of likely N-dealkylation sites (tertiary alicyclic amines) is 1. The summed E-state index contributed by atoms with van der Waals surface area (Å²) in [6, 6.07) is 6.46. The number of hydrogen-bond donors (Lipinski definition) is 2. The Hall–Kier alpha value is -1.96. The molecule has 4 heterocycles. The van der Waals surface area contributed by atoms with Gasteiger partial charge in [-0.25, -0.2) is 0 Å². The van der Waals surface area contributed by atoms with Crippen molar-refractivity contribution in [2.45, 2.75) is 61.5 Å². The maximum atomic E-state index is 12.6. The number of nitrogens with one attached hydrogen (secondary N) is 1. The summed E-state index contributed by atoms with van der Waals surface area (Å²) in [6.07, 6.45) is 9.18. The third-order valence-corrected chi connectivity index (χ3v) is 12.3. The van der Waals surface area contributed by atoms with E-state index in [9.17, 15) is 9.00 Å². The number of aromatic amines is 1. The van der Waals surface area contributed by atoms with Gasteiger partial charge in [-0.3, -0.25) is 13.9 Å². The maximum Gasteiger partial charge on any atom is 0.250 e. The third kappa shape index (κ3) is 2.91. The van der Waals surface area contributed by atoms with Gasteiger partial charge in [0.2, 0.25) is 0 Å². The first kappa shape index (κ1) is 20.4. The molecule has 2 aliphatic heterocycles. The summed E-state index contributed by atoms with van der Waals surface area (Å²) in [4.78, 5) is 19.6. The van der Waals surface area contributed by atoms with Crippen molar-refractivity contribution in [1.29, 1.82) is 0 Å². The Morgan fingerprint density at radius 2 is 2.06 bits per heavy atom. The van der Waals surface area contributed by atoms with Gasteiger partial charge in [-0.2, -0.15) is 0 Å². The van der Waals surface area contributed by atoms with Crippen molar-refractivity contribution in [3.63, 3.8) is 0 Å². The first-order valence-electron chi connectivity index (χ1n) is 12.2. The Balaban J connectivity index is 1.26. The summed E-state index contributed by atoms with van der Waals surface area (Å²) in [7, 11) is -0.643. The normalized spacial score (nSPS) is 33.0. The Morgan fingerprint density at radius 3 is 2.79 bits per heavy atom. The number of primary amides is 1. The van der Waals surface area contributed by atoms with Crippen LogP contribution in [0.15, 0.2) is 29.8 Å². The Morgan fingerprint density at radius 1 is 1.21 bits per heavy atom. The van der Waals surface area contributed by atoms with Crippen molar-refractivity contribution in [2.75, 3.05) is 13.1 Å². The van der Waals surface area contributed by atoms with Crippen LogP contribution in [0.5, 0.6) is 0 Å². The van der Waals surface area contributed by atoms with Crippen LogP contribution in [0.2, 0.25) is 0 Å². The van der Waals surface area contributed by atoms with Gasteiger partial charge in [0, 0.05) is 44.3 Å². The van der Waals surface area contributed by atoms with E-state index in [1.54, 1.807) is 11.3 Å². The fourth-order valence-electron chi connectivity index (χ4n) is 7.17. The van der Waals surface area contributed by atoms with Gasteiger partial charge in [-0.1, -0.05) is 0 Å². The smallest absolute Gasteiger partial charge is 0.250 e. The molecule has 0 bridgehead atoms. The summed E-state index contributed by atoms with van der Waals surface area (Å²) < 4.78 is 12.6. The number of hydrogen-bond acceptors (Lipinski definition) is 4. The zero-order valence-electron chi connectivity index (χ0n) is 18.6. The number of amides is 1. The number of fused-ring (bicyclic) bond motifs is 1.